The Hall–Kier alpha value is -2.31. The van der Waals surface area contributed by atoms with Gasteiger partial charge in [-0.3, -0.25) is 4.98 Å². The van der Waals surface area contributed by atoms with Gasteiger partial charge in [0, 0.05) is 52.3 Å². The lowest BCUT2D eigenvalue weighted by molar-refractivity contribution is 0.416. The van der Waals surface area contributed by atoms with Gasteiger partial charge in [0.1, 0.15) is 0 Å². The first-order chi connectivity index (χ1) is 13.5. The molecule has 0 spiro atoms. The van der Waals surface area contributed by atoms with E-state index < -0.39 is 0 Å². The minimum atomic E-state index is 0.320. The lowest BCUT2D eigenvalue weighted by Gasteiger charge is -2.22. The number of pyridine rings is 1. The lowest BCUT2D eigenvalue weighted by atomic mass is 10.0. The Balaban J connectivity index is 1.42. The fraction of sp³-hybridized carbons (Fsp3) is 0.350. The third kappa shape index (κ3) is 4.23. The van der Waals surface area contributed by atoms with Crippen molar-refractivity contribution in [3.63, 3.8) is 0 Å². The summed E-state index contributed by atoms with van der Waals surface area (Å²) in [5.74, 6) is 0.964. The second kappa shape index (κ2) is 7.97. The van der Waals surface area contributed by atoms with Crippen molar-refractivity contribution in [1.29, 1.82) is 0 Å². The molecule has 1 fully saturated rings. The minimum Gasteiger partial charge on any atom is -0.382 e. The number of anilines is 2. The van der Waals surface area contributed by atoms with Gasteiger partial charge < -0.3 is 14.7 Å². The molecule has 0 saturated carbocycles. The minimum absolute atomic E-state index is 0.320. The number of nitrogens with one attached hydrogen (secondary N) is 1. The highest BCUT2D eigenvalue weighted by Gasteiger charge is 2.30. The molecule has 1 saturated heterocycles. The fourth-order valence-corrected chi connectivity index (χ4v) is 4.06. The van der Waals surface area contributed by atoms with Gasteiger partial charge in [-0.15, -0.1) is 0 Å². The van der Waals surface area contributed by atoms with Gasteiger partial charge in [-0.05, 0) is 56.5 Å². The molecule has 2 aromatic heterocycles. The normalized spacial score (nSPS) is 17.7. The predicted octanol–water partition coefficient (Wildman–Crippen LogP) is 5.07. The zero-order chi connectivity index (χ0) is 19.7. The summed E-state index contributed by atoms with van der Waals surface area (Å²) < 4.78 is 5.49. The van der Waals surface area contributed by atoms with Crippen molar-refractivity contribution in [2.45, 2.75) is 26.3 Å². The molecule has 3 heterocycles. The molecule has 3 aromatic rings. The SMILES string of the molecule is Cc1cc(NC(C)C2CCN(c3nc(-c4cc(Cl)cc(Cl)c4)no3)C2)ccn1. The first-order valence-electron chi connectivity index (χ1n) is 9.22. The van der Waals surface area contributed by atoms with Gasteiger partial charge in [-0.1, -0.05) is 28.4 Å². The zero-order valence-corrected chi connectivity index (χ0v) is 17.2. The second-order valence-corrected chi connectivity index (χ2v) is 8.05. The third-order valence-electron chi connectivity index (χ3n) is 5.03. The second-order valence-electron chi connectivity index (χ2n) is 7.17. The van der Waals surface area contributed by atoms with Crippen LogP contribution >= 0.6 is 23.2 Å². The van der Waals surface area contributed by atoms with Crippen LogP contribution in [0.25, 0.3) is 11.4 Å². The van der Waals surface area contributed by atoms with Crippen molar-refractivity contribution < 1.29 is 4.52 Å². The quantitative estimate of drug-likeness (QED) is 0.624. The van der Waals surface area contributed by atoms with Crippen LogP contribution in [0.3, 0.4) is 0 Å². The monoisotopic (exact) mass is 417 g/mol. The van der Waals surface area contributed by atoms with Gasteiger partial charge in [0.05, 0.1) is 0 Å². The number of aromatic nitrogens is 3. The maximum atomic E-state index is 6.07. The van der Waals surface area contributed by atoms with E-state index in [9.17, 15) is 0 Å². The molecule has 0 radical (unpaired) electrons. The molecule has 8 heteroatoms. The van der Waals surface area contributed by atoms with E-state index in [2.05, 4.69) is 38.3 Å². The van der Waals surface area contributed by atoms with Gasteiger partial charge in [0.15, 0.2) is 0 Å². The van der Waals surface area contributed by atoms with Crippen LogP contribution in [0.2, 0.25) is 10.0 Å². The van der Waals surface area contributed by atoms with Crippen LogP contribution in [0.5, 0.6) is 0 Å². The fourth-order valence-electron chi connectivity index (χ4n) is 3.53. The number of benzene rings is 1. The highest BCUT2D eigenvalue weighted by molar-refractivity contribution is 6.35. The first kappa shape index (κ1) is 19.0. The molecular formula is C20H21Cl2N5O. The first-order valence-corrected chi connectivity index (χ1v) is 9.98. The molecule has 4 rings (SSSR count). The number of aryl methyl sites for hydroxylation is 1. The molecule has 2 unspecified atom stereocenters. The van der Waals surface area contributed by atoms with Crippen LogP contribution in [-0.4, -0.2) is 34.3 Å². The van der Waals surface area contributed by atoms with Crippen molar-refractivity contribution in [1.82, 2.24) is 15.1 Å². The zero-order valence-electron chi connectivity index (χ0n) is 15.7. The predicted molar refractivity (Wildman–Crippen MR) is 112 cm³/mol. The van der Waals surface area contributed by atoms with Crippen molar-refractivity contribution in [3.05, 3.63) is 52.3 Å². The molecule has 6 nitrogen and oxygen atoms in total. The average molecular weight is 418 g/mol. The van der Waals surface area contributed by atoms with E-state index in [1.807, 2.05) is 19.2 Å². The molecule has 1 aliphatic rings. The third-order valence-corrected chi connectivity index (χ3v) is 5.47. The molecule has 2 atom stereocenters. The van der Waals surface area contributed by atoms with E-state index in [1.54, 1.807) is 18.2 Å². The Morgan fingerprint density at radius 2 is 2.00 bits per heavy atom. The summed E-state index contributed by atoms with van der Waals surface area (Å²) in [5, 5.41) is 8.76. The van der Waals surface area contributed by atoms with Gasteiger partial charge in [0.25, 0.3) is 0 Å². The van der Waals surface area contributed by atoms with E-state index in [0.29, 0.717) is 33.8 Å². The summed E-state index contributed by atoms with van der Waals surface area (Å²) in [7, 11) is 0. The smallest absolute Gasteiger partial charge is 0.324 e. The van der Waals surface area contributed by atoms with Gasteiger partial charge in [0.2, 0.25) is 5.82 Å². The Kier molecular flexibility index (Phi) is 5.42. The van der Waals surface area contributed by atoms with Gasteiger partial charge in [-0.2, -0.15) is 4.98 Å². The topological polar surface area (TPSA) is 67.1 Å². The van der Waals surface area contributed by atoms with E-state index in [0.717, 1.165) is 36.5 Å². The van der Waals surface area contributed by atoms with Crippen molar-refractivity contribution in [3.8, 4) is 11.4 Å². The van der Waals surface area contributed by atoms with E-state index in [4.69, 9.17) is 27.7 Å². The van der Waals surface area contributed by atoms with Crippen LogP contribution in [-0.2, 0) is 0 Å². The van der Waals surface area contributed by atoms with Crippen LogP contribution in [0.15, 0.2) is 41.1 Å². The maximum Gasteiger partial charge on any atom is 0.324 e. The van der Waals surface area contributed by atoms with Crippen molar-refractivity contribution in [2.75, 3.05) is 23.3 Å². The summed E-state index contributed by atoms with van der Waals surface area (Å²) in [5.41, 5.74) is 2.84. The molecular weight excluding hydrogens is 397 g/mol. The highest BCUT2D eigenvalue weighted by atomic mass is 35.5. The average Bonchev–Trinajstić information content (AvgIpc) is 3.30. The molecule has 1 N–H and O–H groups in total. The van der Waals surface area contributed by atoms with Gasteiger partial charge in [-0.25, -0.2) is 0 Å². The number of hydrogen-bond donors (Lipinski definition) is 1. The summed E-state index contributed by atoms with van der Waals surface area (Å²) in [4.78, 5) is 10.9. The summed E-state index contributed by atoms with van der Waals surface area (Å²) in [6, 6.07) is 10.1. The lowest BCUT2D eigenvalue weighted by Crippen LogP contribution is -2.29. The van der Waals surface area contributed by atoms with E-state index >= 15 is 0 Å². The van der Waals surface area contributed by atoms with Crippen LogP contribution in [0.1, 0.15) is 19.0 Å². The highest BCUT2D eigenvalue weighted by Crippen LogP contribution is 2.30. The molecule has 1 aromatic carbocycles. The van der Waals surface area contributed by atoms with Crippen LogP contribution < -0.4 is 10.2 Å². The molecule has 28 heavy (non-hydrogen) atoms. The molecule has 0 amide bonds. The van der Waals surface area contributed by atoms with Gasteiger partial charge >= 0.3 is 6.01 Å². The molecule has 146 valence electrons. The van der Waals surface area contributed by atoms with E-state index in [1.165, 1.54) is 0 Å². The van der Waals surface area contributed by atoms with Crippen molar-refractivity contribution >= 4 is 34.9 Å². The van der Waals surface area contributed by atoms with E-state index in [-0.39, 0.29) is 0 Å². The Morgan fingerprint density at radius 1 is 1.21 bits per heavy atom. The molecule has 0 bridgehead atoms. The maximum absolute atomic E-state index is 6.07. The standard InChI is InChI=1S/C20H21Cl2N5O/c1-12-7-18(3-5-23-12)24-13(2)14-4-6-27(11-14)20-25-19(26-28-20)15-8-16(21)10-17(22)9-15/h3,5,7-10,13-14H,4,6,11H2,1-2H3,(H,23,24). The summed E-state index contributed by atoms with van der Waals surface area (Å²) in [6.45, 7) is 5.94. The number of hydrogen-bond acceptors (Lipinski definition) is 6. The largest absolute Gasteiger partial charge is 0.382 e. The summed E-state index contributed by atoms with van der Waals surface area (Å²) in [6.07, 6.45) is 2.88. The molecule has 0 aliphatic carbocycles. The van der Waals surface area contributed by atoms with Crippen molar-refractivity contribution in [2.24, 2.45) is 5.92 Å². The number of nitrogens with zero attached hydrogens (tertiary/aromatic N) is 4. The Morgan fingerprint density at radius 3 is 2.75 bits per heavy atom. The molecule has 1 aliphatic heterocycles. The van der Waals surface area contributed by atoms with Crippen LogP contribution in [0, 0.1) is 12.8 Å². The number of rotatable bonds is 5. The van der Waals surface area contributed by atoms with Crippen LogP contribution in [0.4, 0.5) is 11.7 Å². The Bertz CT molecular complexity index is 956. The number of halogens is 2. The summed E-state index contributed by atoms with van der Waals surface area (Å²) >= 11 is 12.1. The Labute approximate surface area is 173 Å².